The van der Waals surface area contributed by atoms with Crippen molar-refractivity contribution in [2.75, 3.05) is 23.8 Å². The number of amides is 2. The second-order valence-electron chi connectivity index (χ2n) is 9.18. The van der Waals surface area contributed by atoms with E-state index in [1.807, 2.05) is 19.3 Å². The summed E-state index contributed by atoms with van der Waals surface area (Å²) in [5.41, 5.74) is 2.84. The summed E-state index contributed by atoms with van der Waals surface area (Å²) < 4.78 is 0. The molecule has 3 aromatic heterocycles. The Balaban J connectivity index is 0.00000181. The molecule has 0 aromatic carbocycles. The highest BCUT2D eigenvalue weighted by atomic mass is 16.2. The van der Waals surface area contributed by atoms with E-state index in [0.29, 0.717) is 11.9 Å². The van der Waals surface area contributed by atoms with Crippen LogP contribution in [0.15, 0.2) is 24.5 Å². The van der Waals surface area contributed by atoms with Crippen molar-refractivity contribution in [2.24, 2.45) is 0 Å². The maximum Gasteiger partial charge on any atom is 0.323 e. The second-order valence-corrected chi connectivity index (χ2v) is 9.18. The fraction of sp³-hybridized carbons (Fsp3) is 0.524. The fourth-order valence-corrected chi connectivity index (χ4v) is 4.00. The molecule has 3 aromatic rings. The first-order chi connectivity index (χ1) is 14.2. The van der Waals surface area contributed by atoms with Crippen LogP contribution in [0.3, 0.4) is 0 Å². The molecule has 1 aliphatic rings. The van der Waals surface area contributed by atoms with Crippen molar-refractivity contribution >= 4 is 28.6 Å². The average Bonchev–Trinajstić information content (AvgIpc) is 3.35. The summed E-state index contributed by atoms with van der Waals surface area (Å²) in [7, 11) is 1.86. The fourth-order valence-electron chi connectivity index (χ4n) is 4.00. The Morgan fingerprint density at radius 1 is 1.30 bits per heavy atom. The first kappa shape index (κ1) is 20.2. The van der Waals surface area contributed by atoms with Crippen LogP contribution in [0.25, 0.3) is 11.0 Å². The highest BCUT2D eigenvalue weighted by Gasteiger charge is 2.30. The Kier molecular flexibility index (Phi) is 5.13. The van der Waals surface area contributed by atoms with Crippen LogP contribution in [0.4, 0.5) is 16.3 Å². The third-order valence-corrected chi connectivity index (χ3v) is 5.95. The number of carbonyl (C=O) groups excluding carboxylic acids is 1. The van der Waals surface area contributed by atoms with E-state index in [9.17, 15) is 4.79 Å². The zero-order chi connectivity index (χ0) is 21.5. The Hall–Kier alpha value is -3.10. The summed E-state index contributed by atoms with van der Waals surface area (Å²) in [6, 6.07) is 4.35. The molecule has 2 atom stereocenters. The molecule has 1 fully saturated rings. The van der Waals surface area contributed by atoms with Crippen molar-refractivity contribution < 1.29 is 7.65 Å². The lowest BCUT2D eigenvalue weighted by Gasteiger charge is -2.42. The lowest BCUT2D eigenvalue weighted by atomic mass is 9.92. The molecule has 0 aliphatic carbocycles. The van der Waals surface area contributed by atoms with Crippen LogP contribution in [0.1, 0.15) is 49.1 Å². The van der Waals surface area contributed by atoms with Gasteiger partial charge in [-0.05, 0) is 25.8 Å². The van der Waals surface area contributed by atoms with E-state index in [1.165, 1.54) is 0 Å². The number of H-pyrrole nitrogens is 2. The number of hydrogen-bond donors (Lipinski definition) is 3. The number of fused-ring (bicyclic) bond motifs is 1. The molecule has 164 valence electrons. The number of urea groups is 1. The molecule has 0 unspecified atom stereocenters. The molecule has 4 heterocycles. The van der Waals surface area contributed by atoms with E-state index in [-0.39, 0.29) is 20.3 Å². The SMILES string of the molecule is C[C@H]1C[C@H](N(C)C(=O)Nc2cc(C(C)(C)C)[nH]n2)CCN1c1cnc2[nH]ncc2c1.[HH].[HH]. The number of carbonyl (C=O) groups is 1. The van der Waals surface area contributed by atoms with E-state index < -0.39 is 0 Å². The van der Waals surface area contributed by atoms with Crippen molar-refractivity contribution in [1.29, 1.82) is 0 Å². The van der Waals surface area contributed by atoms with Gasteiger partial charge in [0.2, 0.25) is 0 Å². The number of aromatic amines is 2. The summed E-state index contributed by atoms with van der Waals surface area (Å²) in [5, 5.41) is 18.1. The van der Waals surface area contributed by atoms with E-state index >= 15 is 0 Å². The van der Waals surface area contributed by atoms with Gasteiger partial charge in [0.05, 0.1) is 18.1 Å². The minimum absolute atomic E-state index is 0. The quantitative estimate of drug-likeness (QED) is 0.601. The van der Waals surface area contributed by atoms with Gasteiger partial charge in [0, 0.05) is 51.1 Å². The van der Waals surface area contributed by atoms with Crippen LogP contribution in [0, 0.1) is 0 Å². The van der Waals surface area contributed by atoms with Gasteiger partial charge in [0.1, 0.15) is 0 Å². The molecular formula is C21H34N8O. The maximum absolute atomic E-state index is 12.8. The highest BCUT2D eigenvalue weighted by Crippen LogP contribution is 2.28. The smallest absolute Gasteiger partial charge is 0.323 e. The van der Waals surface area contributed by atoms with Crippen LogP contribution < -0.4 is 10.2 Å². The molecule has 9 nitrogen and oxygen atoms in total. The van der Waals surface area contributed by atoms with Crippen molar-refractivity contribution in [2.45, 2.75) is 58.0 Å². The minimum Gasteiger partial charge on any atom is -0.367 e. The predicted molar refractivity (Wildman–Crippen MR) is 122 cm³/mol. The van der Waals surface area contributed by atoms with Crippen LogP contribution in [-0.2, 0) is 5.41 Å². The number of nitrogens with zero attached hydrogens (tertiary/aromatic N) is 5. The molecule has 0 saturated carbocycles. The van der Waals surface area contributed by atoms with Gasteiger partial charge in [-0.3, -0.25) is 15.5 Å². The first-order valence-corrected chi connectivity index (χ1v) is 10.4. The van der Waals surface area contributed by atoms with Crippen LogP contribution in [0.2, 0.25) is 0 Å². The number of rotatable bonds is 3. The van der Waals surface area contributed by atoms with E-state index in [1.54, 1.807) is 11.1 Å². The van der Waals surface area contributed by atoms with Gasteiger partial charge in [-0.25, -0.2) is 9.78 Å². The third kappa shape index (κ3) is 3.96. The number of piperidine rings is 1. The topological polar surface area (TPSA) is 106 Å². The first-order valence-electron chi connectivity index (χ1n) is 10.4. The van der Waals surface area contributed by atoms with Crippen molar-refractivity contribution in [3.63, 3.8) is 0 Å². The van der Waals surface area contributed by atoms with E-state index in [2.05, 4.69) is 69.4 Å². The second kappa shape index (κ2) is 7.62. The predicted octanol–water partition coefficient (Wildman–Crippen LogP) is 3.99. The summed E-state index contributed by atoms with van der Waals surface area (Å²) >= 11 is 0. The summed E-state index contributed by atoms with van der Waals surface area (Å²) in [6.45, 7) is 9.37. The minimum atomic E-state index is -0.130. The Morgan fingerprint density at radius 2 is 2.10 bits per heavy atom. The Labute approximate surface area is 179 Å². The molecule has 3 N–H and O–H groups in total. The molecule has 30 heavy (non-hydrogen) atoms. The van der Waals surface area contributed by atoms with Crippen molar-refractivity contribution in [3.8, 4) is 0 Å². The van der Waals surface area contributed by atoms with Crippen molar-refractivity contribution in [1.82, 2.24) is 30.3 Å². The van der Waals surface area contributed by atoms with Gasteiger partial charge >= 0.3 is 6.03 Å². The lowest BCUT2D eigenvalue weighted by Crippen LogP contribution is -2.50. The molecule has 0 radical (unpaired) electrons. The van der Waals surface area contributed by atoms with Gasteiger partial charge in [-0.15, -0.1) is 0 Å². The number of nitrogens with one attached hydrogen (secondary N) is 3. The summed E-state index contributed by atoms with van der Waals surface area (Å²) in [5.74, 6) is 0.557. The van der Waals surface area contributed by atoms with Gasteiger partial charge in [0.25, 0.3) is 0 Å². The van der Waals surface area contributed by atoms with Gasteiger partial charge < -0.3 is 9.80 Å². The molecule has 1 saturated heterocycles. The third-order valence-electron chi connectivity index (χ3n) is 5.95. The maximum atomic E-state index is 12.8. The normalized spacial score (nSPS) is 19.8. The molecule has 0 bridgehead atoms. The van der Waals surface area contributed by atoms with Crippen LogP contribution in [0.5, 0.6) is 0 Å². The van der Waals surface area contributed by atoms with E-state index in [4.69, 9.17) is 0 Å². The summed E-state index contributed by atoms with van der Waals surface area (Å²) in [4.78, 5) is 21.4. The number of pyridine rings is 1. The molecule has 9 heteroatoms. The lowest BCUT2D eigenvalue weighted by molar-refractivity contribution is 0.186. The largest absolute Gasteiger partial charge is 0.367 e. The molecule has 0 spiro atoms. The summed E-state index contributed by atoms with van der Waals surface area (Å²) in [6.07, 6.45) is 5.46. The van der Waals surface area contributed by atoms with Crippen molar-refractivity contribution in [3.05, 3.63) is 30.2 Å². The highest BCUT2D eigenvalue weighted by molar-refractivity contribution is 5.88. The standard InChI is InChI=1S/C21H30N8O.2H2/c1-13-8-15(6-7-29(13)16-9-14-11-23-27-19(14)22-12-16)28(5)20(30)24-18-10-17(25-26-18)21(2,3)4;;/h9-13,15H,6-8H2,1-5H3,(H,22,23,27)(H2,24,25,26,30);2*1H/t13-,15+;;/m0../s1. The molecule has 1 aliphatic heterocycles. The zero-order valence-corrected chi connectivity index (χ0v) is 18.2. The van der Waals surface area contributed by atoms with Gasteiger partial charge in [-0.2, -0.15) is 10.2 Å². The Morgan fingerprint density at radius 3 is 2.80 bits per heavy atom. The van der Waals surface area contributed by atoms with E-state index in [0.717, 1.165) is 41.8 Å². The molecule has 4 rings (SSSR count). The number of aromatic nitrogens is 5. The van der Waals surface area contributed by atoms with Gasteiger partial charge in [-0.1, -0.05) is 20.8 Å². The molecular weight excluding hydrogens is 380 g/mol. The number of anilines is 2. The van der Waals surface area contributed by atoms with Crippen LogP contribution >= 0.6 is 0 Å². The Bertz CT molecular complexity index is 1040. The number of hydrogen-bond acceptors (Lipinski definition) is 5. The monoisotopic (exact) mass is 414 g/mol. The van der Waals surface area contributed by atoms with Gasteiger partial charge in [0.15, 0.2) is 11.5 Å². The average molecular weight is 415 g/mol. The van der Waals surface area contributed by atoms with Crippen LogP contribution in [-0.4, -0.2) is 62.0 Å². The molecule has 2 amide bonds. The zero-order valence-electron chi connectivity index (χ0n) is 18.2.